The largest absolute Gasteiger partial charge is 0.480 e. The summed E-state index contributed by atoms with van der Waals surface area (Å²) in [7, 11) is 0. The van der Waals surface area contributed by atoms with Gasteiger partial charge in [-0.25, -0.2) is 4.79 Å². The third kappa shape index (κ3) is 4.10. The van der Waals surface area contributed by atoms with Gasteiger partial charge in [0.25, 0.3) is 5.91 Å². The Morgan fingerprint density at radius 1 is 1.39 bits per heavy atom. The third-order valence-corrected chi connectivity index (χ3v) is 4.56. The molecule has 1 aromatic rings. The summed E-state index contributed by atoms with van der Waals surface area (Å²) in [6.45, 7) is 0. The van der Waals surface area contributed by atoms with Gasteiger partial charge in [-0.05, 0) is 23.8 Å². The number of hydrogen-bond donors (Lipinski definition) is 2. The molecule has 6 nitrogen and oxygen atoms in total. The maximum atomic E-state index is 12.4. The highest BCUT2D eigenvalue weighted by atomic mass is 35.5. The van der Waals surface area contributed by atoms with Gasteiger partial charge in [-0.1, -0.05) is 47.7 Å². The SMILES string of the molecule is NC(=O)CC(C(=O)O)N1C(=O)C(=Cc2ccc(Cl)cc2)SC1=S. The number of thiocarbonyl (C=S) groups is 1. The molecule has 1 aliphatic heterocycles. The molecule has 9 heteroatoms. The Morgan fingerprint density at radius 2 is 2.00 bits per heavy atom. The first kappa shape index (κ1) is 17.5. The molecule has 1 saturated heterocycles. The monoisotopic (exact) mass is 370 g/mol. The van der Waals surface area contributed by atoms with E-state index in [-0.39, 0.29) is 9.23 Å². The molecule has 2 rings (SSSR count). The number of benzene rings is 1. The zero-order valence-corrected chi connectivity index (χ0v) is 14.0. The normalized spacial score (nSPS) is 17.6. The van der Waals surface area contributed by atoms with Gasteiger partial charge < -0.3 is 10.8 Å². The van der Waals surface area contributed by atoms with Crippen LogP contribution in [0.3, 0.4) is 0 Å². The summed E-state index contributed by atoms with van der Waals surface area (Å²) in [5.41, 5.74) is 5.76. The van der Waals surface area contributed by atoms with Gasteiger partial charge in [-0.3, -0.25) is 14.5 Å². The molecule has 120 valence electrons. The van der Waals surface area contributed by atoms with Gasteiger partial charge >= 0.3 is 5.97 Å². The molecule has 1 heterocycles. The highest BCUT2D eigenvalue weighted by molar-refractivity contribution is 8.26. The van der Waals surface area contributed by atoms with Crippen LogP contribution < -0.4 is 5.73 Å². The first-order chi connectivity index (χ1) is 10.8. The quantitative estimate of drug-likeness (QED) is 0.606. The first-order valence-corrected chi connectivity index (χ1v) is 7.93. The highest BCUT2D eigenvalue weighted by Gasteiger charge is 2.41. The summed E-state index contributed by atoms with van der Waals surface area (Å²) in [5, 5.41) is 9.78. The number of carbonyl (C=O) groups is 3. The van der Waals surface area contributed by atoms with Crippen LogP contribution in [0, 0.1) is 0 Å². The lowest BCUT2D eigenvalue weighted by Gasteiger charge is -2.21. The number of carboxylic acids is 1. The zero-order chi connectivity index (χ0) is 17.1. The number of aliphatic carboxylic acids is 1. The molecule has 0 saturated carbocycles. The van der Waals surface area contributed by atoms with Crippen LogP contribution in [0.5, 0.6) is 0 Å². The van der Waals surface area contributed by atoms with E-state index in [1.54, 1.807) is 30.3 Å². The molecule has 0 spiro atoms. The topological polar surface area (TPSA) is 101 Å². The predicted molar refractivity (Wildman–Crippen MR) is 91.7 cm³/mol. The second kappa shape index (κ2) is 7.12. The molecule has 1 aliphatic rings. The number of thioether (sulfide) groups is 1. The summed E-state index contributed by atoms with van der Waals surface area (Å²) in [5.74, 6) is -2.73. The van der Waals surface area contributed by atoms with E-state index in [0.29, 0.717) is 5.02 Å². The lowest BCUT2D eigenvalue weighted by Crippen LogP contribution is -2.46. The van der Waals surface area contributed by atoms with Crippen molar-refractivity contribution >= 4 is 63.8 Å². The molecule has 2 amide bonds. The average molecular weight is 371 g/mol. The number of primary amides is 1. The third-order valence-electron chi connectivity index (χ3n) is 2.98. The van der Waals surface area contributed by atoms with Crippen LogP contribution in [-0.2, 0) is 14.4 Å². The van der Waals surface area contributed by atoms with Gasteiger partial charge in [-0.2, -0.15) is 0 Å². The van der Waals surface area contributed by atoms with E-state index in [4.69, 9.17) is 29.6 Å². The highest BCUT2D eigenvalue weighted by Crippen LogP contribution is 2.34. The van der Waals surface area contributed by atoms with Crippen molar-refractivity contribution in [2.75, 3.05) is 0 Å². The lowest BCUT2D eigenvalue weighted by atomic mass is 10.1. The number of halogens is 1. The number of carboxylic acid groups (broad SMARTS) is 1. The number of rotatable bonds is 5. The number of hydrogen-bond acceptors (Lipinski definition) is 5. The van der Waals surface area contributed by atoms with Crippen molar-refractivity contribution in [3.8, 4) is 0 Å². The van der Waals surface area contributed by atoms with Gasteiger partial charge in [-0.15, -0.1) is 0 Å². The number of nitrogens with zero attached hydrogens (tertiary/aromatic N) is 1. The first-order valence-electron chi connectivity index (χ1n) is 6.33. The molecule has 1 unspecified atom stereocenters. The molecule has 1 fully saturated rings. The van der Waals surface area contributed by atoms with Crippen molar-refractivity contribution in [2.45, 2.75) is 12.5 Å². The smallest absolute Gasteiger partial charge is 0.327 e. The molecular weight excluding hydrogens is 360 g/mol. The molecule has 1 atom stereocenters. The van der Waals surface area contributed by atoms with E-state index in [2.05, 4.69) is 0 Å². The van der Waals surface area contributed by atoms with E-state index >= 15 is 0 Å². The van der Waals surface area contributed by atoms with Crippen molar-refractivity contribution < 1.29 is 19.5 Å². The Kier molecular flexibility index (Phi) is 5.40. The molecule has 23 heavy (non-hydrogen) atoms. The van der Waals surface area contributed by atoms with Gasteiger partial charge in [0, 0.05) is 5.02 Å². The van der Waals surface area contributed by atoms with Crippen molar-refractivity contribution in [1.29, 1.82) is 0 Å². The van der Waals surface area contributed by atoms with Gasteiger partial charge in [0.2, 0.25) is 5.91 Å². The maximum absolute atomic E-state index is 12.4. The molecule has 0 aliphatic carbocycles. The lowest BCUT2D eigenvalue weighted by molar-refractivity contribution is -0.146. The molecular formula is C14H11ClN2O4S2. The van der Waals surface area contributed by atoms with Crippen LogP contribution in [0.2, 0.25) is 5.02 Å². The van der Waals surface area contributed by atoms with E-state index in [1.807, 2.05) is 0 Å². The number of nitrogens with two attached hydrogens (primary N) is 1. The van der Waals surface area contributed by atoms with Crippen LogP contribution >= 0.6 is 35.6 Å². The minimum absolute atomic E-state index is 0.0730. The summed E-state index contributed by atoms with van der Waals surface area (Å²) >= 11 is 11.8. The molecule has 0 bridgehead atoms. The Hall–Kier alpha value is -1.90. The summed E-state index contributed by atoms with van der Waals surface area (Å²) in [6.07, 6.45) is 1.08. The average Bonchev–Trinajstić information content (AvgIpc) is 2.73. The fourth-order valence-corrected chi connectivity index (χ4v) is 3.42. The second-order valence-electron chi connectivity index (χ2n) is 4.63. The Morgan fingerprint density at radius 3 is 2.52 bits per heavy atom. The minimum atomic E-state index is -1.41. The summed E-state index contributed by atoms with van der Waals surface area (Å²) < 4.78 is 0.0730. The fraction of sp³-hybridized carbons (Fsp3) is 0.143. The summed E-state index contributed by atoms with van der Waals surface area (Å²) in [6, 6.07) is 5.36. The Bertz CT molecular complexity index is 718. The molecule has 0 radical (unpaired) electrons. The van der Waals surface area contributed by atoms with Crippen LogP contribution in [0.25, 0.3) is 6.08 Å². The zero-order valence-electron chi connectivity index (χ0n) is 11.6. The van der Waals surface area contributed by atoms with E-state index in [1.165, 1.54) is 0 Å². The van der Waals surface area contributed by atoms with Gasteiger partial charge in [0.15, 0.2) is 0 Å². The van der Waals surface area contributed by atoms with Crippen LogP contribution in [0.1, 0.15) is 12.0 Å². The van der Waals surface area contributed by atoms with Crippen LogP contribution in [-0.4, -0.2) is 38.2 Å². The maximum Gasteiger partial charge on any atom is 0.327 e. The van der Waals surface area contributed by atoms with Crippen LogP contribution in [0.15, 0.2) is 29.2 Å². The number of amides is 2. The van der Waals surface area contributed by atoms with Crippen molar-refractivity contribution in [2.24, 2.45) is 5.73 Å². The van der Waals surface area contributed by atoms with Gasteiger partial charge in [0.05, 0.1) is 11.3 Å². The summed E-state index contributed by atoms with van der Waals surface area (Å²) in [4.78, 5) is 35.9. The van der Waals surface area contributed by atoms with Crippen LogP contribution in [0.4, 0.5) is 0 Å². The Labute approximate surface area is 146 Å². The van der Waals surface area contributed by atoms with Crippen molar-refractivity contribution in [3.05, 3.63) is 39.8 Å². The fourth-order valence-electron chi connectivity index (χ4n) is 1.94. The Balaban J connectivity index is 2.30. The number of carbonyl (C=O) groups excluding carboxylic acids is 2. The standard InChI is InChI=1S/C14H11ClN2O4S2/c15-8-3-1-7(2-4-8)5-10-12(19)17(14(22)23-10)9(13(20)21)6-11(16)18/h1-5,9H,6H2,(H2,16,18)(H,20,21). The molecule has 0 aromatic heterocycles. The van der Waals surface area contributed by atoms with E-state index in [0.717, 1.165) is 22.2 Å². The second-order valence-corrected chi connectivity index (χ2v) is 6.74. The molecule has 3 N–H and O–H groups in total. The van der Waals surface area contributed by atoms with Crippen molar-refractivity contribution in [3.63, 3.8) is 0 Å². The van der Waals surface area contributed by atoms with E-state index < -0.39 is 30.2 Å². The van der Waals surface area contributed by atoms with Gasteiger partial charge in [0.1, 0.15) is 10.4 Å². The molecule has 1 aromatic carbocycles. The van der Waals surface area contributed by atoms with Crippen molar-refractivity contribution in [1.82, 2.24) is 4.90 Å². The minimum Gasteiger partial charge on any atom is -0.480 e. The predicted octanol–water partition coefficient (Wildman–Crippen LogP) is 1.87. The van der Waals surface area contributed by atoms with E-state index in [9.17, 15) is 19.5 Å².